The number of para-hydroxylation sites is 1. The van der Waals surface area contributed by atoms with Crippen molar-refractivity contribution in [2.75, 3.05) is 25.1 Å². The Balaban J connectivity index is 1.83. The highest BCUT2D eigenvalue weighted by Crippen LogP contribution is 2.18. The summed E-state index contributed by atoms with van der Waals surface area (Å²) in [7, 11) is 0. The van der Waals surface area contributed by atoms with Crippen molar-refractivity contribution in [1.82, 2.24) is 5.32 Å². The molecule has 1 aliphatic heterocycles. The van der Waals surface area contributed by atoms with Crippen LogP contribution in [0.5, 0.6) is 0 Å². The van der Waals surface area contributed by atoms with Gasteiger partial charge in [-0.2, -0.15) is 0 Å². The minimum Gasteiger partial charge on any atom is -0.380 e. The molecule has 19 heavy (non-hydrogen) atoms. The van der Waals surface area contributed by atoms with Gasteiger partial charge in [-0.25, -0.2) is 0 Å². The maximum atomic E-state index is 11.9. The average molecular weight is 262 g/mol. The normalized spacial score (nSPS) is 23.1. The number of hydrogen-bond donors (Lipinski definition) is 2. The molecule has 1 aromatic rings. The summed E-state index contributed by atoms with van der Waals surface area (Å²) in [5.41, 5.74) is 1.86. The van der Waals surface area contributed by atoms with Crippen molar-refractivity contribution < 1.29 is 9.53 Å². The Morgan fingerprint density at radius 2 is 2.21 bits per heavy atom. The molecule has 4 nitrogen and oxygen atoms in total. The van der Waals surface area contributed by atoms with Gasteiger partial charge in [-0.15, -0.1) is 0 Å². The van der Waals surface area contributed by atoms with Crippen LogP contribution in [0.25, 0.3) is 0 Å². The number of amides is 1. The summed E-state index contributed by atoms with van der Waals surface area (Å²) in [6.45, 7) is 5.90. The fourth-order valence-electron chi connectivity index (χ4n) is 2.27. The first-order chi connectivity index (χ1) is 9.09. The summed E-state index contributed by atoms with van der Waals surface area (Å²) in [5, 5.41) is 6.23. The number of benzene rings is 1. The zero-order chi connectivity index (χ0) is 13.7. The van der Waals surface area contributed by atoms with Gasteiger partial charge in [0.25, 0.3) is 0 Å². The van der Waals surface area contributed by atoms with Crippen molar-refractivity contribution in [3.05, 3.63) is 29.8 Å². The Hall–Kier alpha value is -1.39. The highest BCUT2D eigenvalue weighted by atomic mass is 16.5. The summed E-state index contributed by atoms with van der Waals surface area (Å²) in [4.78, 5) is 11.9. The zero-order valence-electron chi connectivity index (χ0n) is 11.7. The van der Waals surface area contributed by atoms with Crippen molar-refractivity contribution in [1.29, 1.82) is 0 Å². The number of nitrogens with one attached hydrogen (secondary N) is 2. The monoisotopic (exact) mass is 262 g/mol. The van der Waals surface area contributed by atoms with Crippen LogP contribution in [0.4, 0.5) is 5.69 Å². The van der Waals surface area contributed by atoms with E-state index < -0.39 is 0 Å². The molecule has 4 heteroatoms. The molecule has 1 amide bonds. The van der Waals surface area contributed by atoms with E-state index in [9.17, 15) is 4.79 Å². The Morgan fingerprint density at radius 3 is 2.89 bits per heavy atom. The first-order valence-electron chi connectivity index (χ1n) is 6.77. The van der Waals surface area contributed by atoms with Crippen LogP contribution in [0, 0.1) is 6.92 Å². The van der Waals surface area contributed by atoms with Crippen LogP contribution < -0.4 is 10.6 Å². The topological polar surface area (TPSA) is 50.4 Å². The van der Waals surface area contributed by atoms with Gasteiger partial charge in [0, 0.05) is 17.8 Å². The maximum Gasteiger partial charge on any atom is 0.238 e. The number of hydrogen-bond acceptors (Lipinski definition) is 3. The lowest BCUT2D eigenvalue weighted by molar-refractivity contribution is -0.116. The molecule has 1 unspecified atom stereocenters. The highest BCUT2D eigenvalue weighted by Gasteiger charge is 2.27. The van der Waals surface area contributed by atoms with Gasteiger partial charge >= 0.3 is 0 Å². The molecular formula is C15H22N2O2. The smallest absolute Gasteiger partial charge is 0.238 e. The summed E-state index contributed by atoms with van der Waals surface area (Å²) in [6, 6.07) is 7.79. The van der Waals surface area contributed by atoms with E-state index in [0.29, 0.717) is 13.2 Å². The van der Waals surface area contributed by atoms with Gasteiger partial charge in [0.2, 0.25) is 5.91 Å². The van der Waals surface area contributed by atoms with E-state index in [4.69, 9.17) is 4.74 Å². The molecule has 1 atom stereocenters. The zero-order valence-corrected chi connectivity index (χ0v) is 11.7. The van der Waals surface area contributed by atoms with E-state index in [1.165, 1.54) is 0 Å². The van der Waals surface area contributed by atoms with Crippen molar-refractivity contribution >= 4 is 11.6 Å². The minimum absolute atomic E-state index is 0.0129. The Labute approximate surface area is 114 Å². The van der Waals surface area contributed by atoms with Gasteiger partial charge in [0.05, 0.1) is 13.2 Å². The predicted octanol–water partition coefficient (Wildman–Crippen LogP) is 2.09. The van der Waals surface area contributed by atoms with Gasteiger partial charge in [-0.1, -0.05) is 18.2 Å². The molecule has 1 fully saturated rings. The molecule has 1 heterocycles. The van der Waals surface area contributed by atoms with Gasteiger partial charge in [0.15, 0.2) is 0 Å². The molecule has 2 N–H and O–H groups in total. The van der Waals surface area contributed by atoms with Crippen LogP contribution in [0.15, 0.2) is 24.3 Å². The third-order valence-corrected chi connectivity index (χ3v) is 3.53. The lowest BCUT2D eigenvalue weighted by Gasteiger charge is -2.34. The van der Waals surface area contributed by atoms with Crippen molar-refractivity contribution in [2.45, 2.75) is 32.2 Å². The average Bonchev–Trinajstić information content (AvgIpc) is 2.40. The van der Waals surface area contributed by atoms with Crippen molar-refractivity contribution in [2.24, 2.45) is 0 Å². The number of rotatable bonds is 4. The number of carbonyl (C=O) groups is 1. The van der Waals surface area contributed by atoms with Gasteiger partial charge in [0.1, 0.15) is 0 Å². The Kier molecular flexibility index (Phi) is 4.56. The van der Waals surface area contributed by atoms with Crippen LogP contribution in [-0.2, 0) is 9.53 Å². The van der Waals surface area contributed by atoms with E-state index in [1.807, 2.05) is 31.2 Å². The molecule has 0 aromatic heterocycles. The van der Waals surface area contributed by atoms with Gasteiger partial charge in [-0.05, 0) is 38.3 Å². The number of anilines is 1. The fourth-order valence-corrected chi connectivity index (χ4v) is 2.27. The standard InChI is InChI=1S/C15H22N2O2/c1-12-6-3-4-7-13(12)17-14(18)10-16-15(2)8-5-9-19-11-15/h3-4,6-7,16H,5,8-11H2,1-2H3,(H,17,18). The summed E-state index contributed by atoms with van der Waals surface area (Å²) >= 11 is 0. The van der Waals surface area contributed by atoms with Crippen LogP contribution in [0.2, 0.25) is 0 Å². The largest absolute Gasteiger partial charge is 0.380 e. The molecule has 104 valence electrons. The van der Waals surface area contributed by atoms with Crippen LogP contribution >= 0.6 is 0 Å². The van der Waals surface area contributed by atoms with Gasteiger partial charge in [-0.3, -0.25) is 4.79 Å². The van der Waals surface area contributed by atoms with E-state index in [2.05, 4.69) is 17.6 Å². The molecule has 0 radical (unpaired) electrons. The SMILES string of the molecule is Cc1ccccc1NC(=O)CNC1(C)CCCOC1. The van der Waals surface area contributed by atoms with Crippen LogP contribution in [-0.4, -0.2) is 31.2 Å². The van der Waals surface area contributed by atoms with E-state index in [-0.39, 0.29) is 11.4 Å². The third kappa shape index (κ3) is 4.04. The number of ether oxygens (including phenoxy) is 1. The quantitative estimate of drug-likeness (QED) is 0.873. The van der Waals surface area contributed by atoms with Crippen molar-refractivity contribution in [3.8, 4) is 0 Å². The van der Waals surface area contributed by atoms with Gasteiger partial charge < -0.3 is 15.4 Å². The first-order valence-corrected chi connectivity index (χ1v) is 6.77. The van der Waals surface area contributed by atoms with Crippen molar-refractivity contribution in [3.63, 3.8) is 0 Å². The third-order valence-electron chi connectivity index (χ3n) is 3.53. The highest BCUT2D eigenvalue weighted by molar-refractivity contribution is 5.92. The molecule has 0 aliphatic carbocycles. The number of aryl methyl sites for hydroxylation is 1. The second kappa shape index (κ2) is 6.17. The Morgan fingerprint density at radius 1 is 1.42 bits per heavy atom. The molecule has 0 spiro atoms. The Bertz CT molecular complexity index is 440. The van der Waals surface area contributed by atoms with Crippen LogP contribution in [0.3, 0.4) is 0 Å². The predicted molar refractivity (Wildman–Crippen MR) is 76.3 cm³/mol. The number of carbonyl (C=O) groups excluding carboxylic acids is 1. The molecule has 1 aromatic carbocycles. The summed E-state index contributed by atoms with van der Waals surface area (Å²) in [5.74, 6) is -0.0129. The van der Waals surface area contributed by atoms with E-state index in [1.54, 1.807) is 0 Å². The molecule has 0 bridgehead atoms. The second-order valence-corrected chi connectivity index (χ2v) is 5.43. The molecule has 1 aliphatic rings. The van der Waals surface area contributed by atoms with E-state index in [0.717, 1.165) is 30.7 Å². The van der Waals surface area contributed by atoms with Crippen LogP contribution in [0.1, 0.15) is 25.3 Å². The first kappa shape index (κ1) is 14.0. The fraction of sp³-hybridized carbons (Fsp3) is 0.533. The summed E-state index contributed by atoms with van der Waals surface area (Å²) < 4.78 is 5.46. The van der Waals surface area contributed by atoms with E-state index >= 15 is 0 Å². The summed E-state index contributed by atoms with van der Waals surface area (Å²) in [6.07, 6.45) is 2.09. The lowest BCUT2D eigenvalue weighted by Crippen LogP contribution is -2.51. The minimum atomic E-state index is -0.0820. The molecule has 2 rings (SSSR count). The molecular weight excluding hydrogens is 240 g/mol. The molecule has 0 saturated carbocycles. The molecule has 1 saturated heterocycles. The maximum absolute atomic E-state index is 11.9. The second-order valence-electron chi connectivity index (χ2n) is 5.43. The lowest BCUT2D eigenvalue weighted by atomic mass is 9.95.